The summed E-state index contributed by atoms with van der Waals surface area (Å²) in [5, 5.41) is 18.5. The summed E-state index contributed by atoms with van der Waals surface area (Å²) in [6.45, 7) is 7.14. The SMILES string of the molecule is CC(C)(C)OC(=O)N1CCC(COc2ccc(-c3cc(Cl)c(O)c(Cl)c3)nn2)(c2ccccc2)CC1. The number of phenolic OH excluding ortho intramolecular Hbond substituents is 1. The average Bonchev–Trinajstić information content (AvgIpc) is 2.86. The third kappa shape index (κ3) is 6.02. The van der Waals surface area contributed by atoms with Crippen molar-refractivity contribution in [1.29, 1.82) is 0 Å². The number of carbonyl (C=O) groups is 1. The topological polar surface area (TPSA) is 84.8 Å². The molecule has 0 radical (unpaired) electrons. The monoisotopic (exact) mass is 529 g/mol. The van der Waals surface area contributed by atoms with Gasteiger partial charge in [0.1, 0.15) is 5.60 Å². The van der Waals surface area contributed by atoms with Crippen LogP contribution < -0.4 is 4.74 Å². The van der Waals surface area contributed by atoms with Gasteiger partial charge in [0, 0.05) is 30.1 Å². The normalized spacial score (nSPS) is 15.4. The Hall–Kier alpha value is -3.03. The van der Waals surface area contributed by atoms with Crippen LogP contribution in [0.5, 0.6) is 11.6 Å². The molecule has 3 aromatic rings. The number of halogens is 2. The molecule has 1 aromatic heterocycles. The van der Waals surface area contributed by atoms with Crippen molar-refractivity contribution in [2.75, 3.05) is 19.7 Å². The van der Waals surface area contributed by atoms with Gasteiger partial charge in [0.25, 0.3) is 0 Å². The number of phenols is 1. The van der Waals surface area contributed by atoms with Crippen LogP contribution in [0.1, 0.15) is 39.2 Å². The first-order chi connectivity index (χ1) is 17.1. The highest BCUT2D eigenvalue weighted by molar-refractivity contribution is 6.37. The second-order valence-electron chi connectivity index (χ2n) is 9.95. The molecule has 2 aromatic carbocycles. The number of nitrogens with zero attached hydrogens (tertiary/aromatic N) is 3. The lowest BCUT2D eigenvalue weighted by molar-refractivity contribution is 0.0131. The minimum Gasteiger partial charge on any atom is -0.505 e. The van der Waals surface area contributed by atoms with Gasteiger partial charge in [-0.05, 0) is 57.4 Å². The largest absolute Gasteiger partial charge is 0.505 e. The number of ether oxygens (including phenoxy) is 2. The van der Waals surface area contributed by atoms with Gasteiger partial charge in [-0.15, -0.1) is 10.2 Å². The first kappa shape index (κ1) is 26.0. The summed E-state index contributed by atoms with van der Waals surface area (Å²) in [5.74, 6) is 0.221. The van der Waals surface area contributed by atoms with E-state index in [4.69, 9.17) is 32.7 Å². The number of rotatable bonds is 5. The van der Waals surface area contributed by atoms with Gasteiger partial charge < -0.3 is 19.5 Å². The Bertz CT molecular complexity index is 1180. The molecule has 2 heterocycles. The number of piperidine rings is 1. The van der Waals surface area contributed by atoms with E-state index in [-0.39, 0.29) is 27.3 Å². The van der Waals surface area contributed by atoms with E-state index >= 15 is 0 Å². The maximum Gasteiger partial charge on any atom is 0.410 e. The summed E-state index contributed by atoms with van der Waals surface area (Å²) in [4.78, 5) is 14.3. The van der Waals surface area contributed by atoms with E-state index in [2.05, 4.69) is 22.3 Å². The lowest BCUT2D eigenvalue weighted by Gasteiger charge is -2.42. The molecule has 0 saturated carbocycles. The summed E-state index contributed by atoms with van der Waals surface area (Å²) in [6, 6.07) is 16.9. The van der Waals surface area contributed by atoms with Crippen LogP contribution in [0.3, 0.4) is 0 Å². The average molecular weight is 530 g/mol. The summed E-state index contributed by atoms with van der Waals surface area (Å²) in [5.41, 5.74) is 1.53. The van der Waals surface area contributed by atoms with Gasteiger partial charge in [0.15, 0.2) is 5.75 Å². The lowest BCUT2D eigenvalue weighted by Crippen LogP contribution is -2.49. The Morgan fingerprint density at radius 1 is 1.03 bits per heavy atom. The maximum absolute atomic E-state index is 12.6. The van der Waals surface area contributed by atoms with E-state index in [1.807, 2.05) is 39.0 Å². The first-order valence-electron chi connectivity index (χ1n) is 11.7. The van der Waals surface area contributed by atoms with Crippen molar-refractivity contribution in [3.8, 4) is 22.9 Å². The predicted molar refractivity (Wildman–Crippen MR) is 140 cm³/mol. The summed E-state index contributed by atoms with van der Waals surface area (Å²) in [7, 11) is 0. The zero-order chi connectivity index (χ0) is 25.9. The highest BCUT2D eigenvalue weighted by Crippen LogP contribution is 2.38. The summed E-state index contributed by atoms with van der Waals surface area (Å²) in [6.07, 6.45) is 1.17. The molecular formula is C27H29Cl2N3O4. The van der Waals surface area contributed by atoms with Crippen molar-refractivity contribution in [1.82, 2.24) is 15.1 Å². The molecule has 1 amide bonds. The Balaban J connectivity index is 1.47. The number of aromatic hydroxyl groups is 1. The molecule has 1 aliphatic rings. The molecule has 0 unspecified atom stereocenters. The van der Waals surface area contributed by atoms with Gasteiger partial charge >= 0.3 is 6.09 Å². The fourth-order valence-corrected chi connectivity index (χ4v) is 4.72. The molecule has 1 N–H and O–H groups in total. The van der Waals surface area contributed by atoms with Crippen molar-refractivity contribution < 1.29 is 19.4 Å². The van der Waals surface area contributed by atoms with E-state index in [1.165, 1.54) is 0 Å². The smallest absolute Gasteiger partial charge is 0.410 e. The minimum atomic E-state index is -0.532. The van der Waals surface area contributed by atoms with E-state index in [9.17, 15) is 9.90 Å². The second kappa shape index (κ2) is 10.5. The number of amides is 1. The van der Waals surface area contributed by atoms with Crippen LogP contribution >= 0.6 is 23.2 Å². The summed E-state index contributed by atoms with van der Waals surface area (Å²) >= 11 is 12.1. The third-order valence-corrected chi connectivity index (χ3v) is 6.78. The highest BCUT2D eigenvalue weighted by Gasteiger charge is 2.39. The molecule has 1 saturated heterocycles. The van der Waals surface area contributed by atoms with Crippen molar-refractivity contribution in [2.24, 2.45) is 0 Å². The van der Waals surface area contributed by atoms with Crippen molar-refractivity contribution in [2.45, 2.75) is 44.6 Å². The van der Waals surface area contributed by atoms with Gasteiger partial charge in [0.2, 0.25) is 5.88 Å². The third-order valence-electron chi connectivity index (χ3n) is 6.21. The summed E-state index contributed by atoms with van der Waals surface area (Å²) < 4.78 is 11.7. The fraction of sp³-hybridized carbons (Fsp3) is 0.370. The molecule has 190 valence electrons. The van der Waals surface area contributed by atoms with E-state index < -0.39 is 5.60 Å². The Kier molecular flexibility index (Phi) is 7.62. The Labute approximate surface area is 221 Å². The molecule has 7 nitrogen and oxygen atoms in total. The van der Waals surface area contributed by atoms with Crippen molar-refractivity contribution in [3.05, 3.63) is 70.2 Å². The molecule has 0 spiro atoms. The number of benzene rings is 2. The Morgan fingerprint density at radius 3 is 2.22 bits per heavy atom. The lowest BCUT2D eigenvalue weighted by atomic mass is 9.73. The fourth-order valence-electron chi connectivity index (χ4n) is 4.23. The molecular weight excluding hydrogens is 501 g/mol. The molecule has 0 aliphatic carbocycles. The molecule has 36 heavy (non-hydrogen) atoms. The van der Waals surface area contributed by atoms with E-state index in [0.717, 1.165) is 18.4 Å². The minimum absolute atomic E-state index is 0.141. The van der Waals surface area contributed by atoms with Gasteiger partial charge in [-0.1, -0.05) is 53.5 Å². The molecule has 0 atom stereocenters. The number of likely N-dealkylation sites (tertiary alicyclic amines) is 1. The van der Waals surface area contributed by atoms with Crippen molar-refractivity contribution >= 4 is 29.3 Å². The van der Waals surface area contributed by atoms with Crippen LogP contribution in [-0.4, -0.2) is 51.6 Å². The number of hydrogen-bond acceptors (Lipinski definition) is 6. The van der Waals surface area contributed by atoms with E-state index in [0.29, 0.717) is 36.8 Å². The quantitative estimate of drug-likeness (QED) is 0.405. The van der Waals surface area contributed by atoms with Crippen LogP contribution in [0.25, 0.3) is 11.3 Å². The zero-order valence-electron chi connectivity index (χ0n) is 20.5. The molecule has 4 rings (SSSR count). The Morgan fingerprint density at radius 2 is 1.67 bits per heavy atom. The van der Waals surface area contributed by atoms with Crippen LogP contribution in [0.4, 0.5) is 4.79 Å². The molecule has 9 heteroatoms. The highest BCUT2D eigenvalue weighted by atomic mass is 35.5. The predicted octanol–water partition coefficient (Wildman–Crippen LogP) is 6.50. The van der Waals surface area contributed by atoms with Crippen molar-refractivity contribution in [3.63, 3.8) is 0 Å². The van der Waals surface area contributed by atoms with Crippen LogP contribution in [-0.2, 0) is 10.2 Å². The number of carbonyl (C=O) groups excluding carboxylic acids is 1. The van der Waals surface area contributed by atoms with Gasteiger partial charge in [-0.25, -0.2) is 4.79 Å². The first-order valence-corrected chi connectivity index (χ1v) is 12.5. The standard InChI is InChI=1S/C27H29Cl2N3O4/c1-26(2,3)36-25(34)32-13-11-27(12-14-32,19-7-5-4-6-8-19)17-35-23-10-9-22(30-31-23)18-15-20(28)24(33)21(29)16-18/h4-10,15-16,33H,11-14,17H2,1-3H3. The molecule has 1 fully saturated rings. The second-order valence-corrected chi connectivity index (χ2v) is 10.8. The van der Waals surface area contributed by atoms with E-state index in [1.54, 1.807) is 29.2 Å². The number of aromatic nitrogens is 2. The van der Waals surface area contributed by atoms with Crippen LogP contribution in [0.15, 0.2) is 54.6 Å². The van der Waals surface area contributed by atoms with Gasteiger partial charge in [-0.2, -0.15) is 0 Å². The van der Waals surface area contributed by atoms with Gasteiger partial charge in [0.05, 0.1) is 22.3 Å². The number of hydrogen-bond donors (Lipinski definition) is 1. The molecule has 1 aliphatic heterocycles. The zero-order valence-corrected chi connectivity index (χ0v) is 22.0. The maximum atomic E-state index is 12.6. The molecule has 0 bridgehead atoms. The van der Waals surface area contributed by atoms with Crippen LogP contribution in [0, 0.1) is 0 Å². The van der Waals surface area contributed by atoms with Gasteiger partial charge in [-0.3, -0.25) is 0 Å². The van der Waals surface area contributed by atoms with Crippen LogP contribution in [0.2, 0.25) is 10.0 Å².